The van der Waals surface area contributed by atoms with Crippen LogP contribution in [0.2, 0.25) is 0 Å². The van der Waals surface area contributed by atoms with E-state index in [1.165, 1.54) is 5.69 Å². The zero-order valence-electron chi connectivity index (χ0n) is 14.6. The Morgan fingerprint density at radius 2 is 1.82 bits per heavy atom. The summed E-state index contributed by atoms with van der Waals surface area (Å²) in [5.41, 5.74) is 0.922. The molecule has 0 spiro atoms. The lowest BCUT2D eigenvalue weighted by atomic mass is 9.84. The molecule has 1 amide bonds. The average Bonchev–Trinajstić information content (AvgIpc) is 2.46. The molecule has 3 nitrogen and oxygen atoms in total. The van der Waals surface area contributed by atoms with Gasteiger partial charge in [-0.1, -0.05) is 52.8 Å². The maximum absolute atomic E-state index is 12.3. The van der Waals surface area contributed by atoms with Crippen molar-refractivity contribution in [3.63, 3.8) is 0 Å². The summed E-state index contributed by atoms with van der Waals surface area (Å²) in [7, 11) is 0. The fourth-order valence-electron chi connectivity index (χ4n) is 2.98. The van der Waals surface area contributed by atoms with Gasteiger partial charge in [0.15, 0.2) is 0 Å². The topological polar surface area (TPSA) is 32.3 Å². The number of carbonyl (C=O) groups is 1. The molecule has 1 aromatic carbocycles. The van der Waals surface area contributed by atoms with Crippen LogP contribution in [0.3, 0.4) is 0 Å². The molecule has 0 aliphatic carbocycles. The summed E-state index contributed by atoms with van der Waals surface area (Å²) in [6, 6.07) is 10.8. The van der Waals surface area contributed by atoms with Crippen LogP contribution in [0.1, 0.15) is 41.0 Å². The highest BCUT2D eigenvalue weighted by atomic mass is 16.2. The van der Waals surface area contributed by atoms with E-state index in [1.54, 1.807) is 0 Å². The van der Waals surface area contributed by atoms with E-state index in [0.717, 1.165) is 19.5 Å². The number of anilines is 1. The van der Waals surface area contributed by atoms with Gasteiger partial charge in [-0.2, -0.15) is 0 Å². The van der Waals surface area contributed by atoms with Crippen molar-refractivity contribution in [3.8, 4) is 0 Å². The first-order valence-corrected chi connectivity index (χ1v) is 8.38. The number of amides is 1. The van der Waals surface area contributed by atoms with Gasteiger partial charge in [0.2, 0.25) is 5.91 Å². The summed E-state index contributed by atoms with van der Waals surface area (Å²) in [4.78, 5) is 14.7. The molecule has 0 bridgehead atoms. The molecule has 1 aliphatic heterocycles. The van der Waals surface area contributed by atoms with Gasteiger partial charge in [0.25, 0.3) is 0 Å². The first kappa shape index (κ1) is 16.9. The Balaban J connectivity index is 2.12. The molecule has 1 fully saturated rings. The van der Waals surface area contributed by atoms with E-state index >= 15 is 0 Å². The third kappa shape index (κ3) is 4.25. The summed E-state index contributed by atoms with van der Waals surface area (Å²) in [5, 5.41) is 3.26. The first-order valence-electron chi connectivity index (χ1n) is 8.38. The molecular formula is C19H30N2O. The lowest BCUT2D eigenvalue weighted by Crippen LogP contribution is -2.53. The lowest BCUT2D eigenvalue weighted by Gasteiger charge is -2.41. The number of benzene rings is 1. The van der Waals surface area contributed by atoms with Crippen LogP contribution < -0.4 is 10.2 Å². The van der Waals surface area contributed by atoms with Crippen LogP contribution in [0.25, 0.3) is 0 Å². The number of piperidine rings is 1. The highest BCUT2D eigenvalue weighted by Gasteiger charge is 2.32. The van der Waals surface area contributed by atoms with Crippen molar-refractivity contribution in [1.82, 2.24) is 5.32 Å². The third-order valence-electron chi connectivity index (χ3n) is 4.56. The van der Waals surface area contributed by atoms with Crippen molar-refractivity contribution in [1.29, 1.82) is 0 Å². The van der Waals surface area contributed by atoms with Crippen molar-refractivity contribution in [3.05, 3.63) is 30.3 Å². The summed E-state index contributed by atoms with van der Waals surface area (Å²) in [6.07, 6.45) is 1.07. The molecule has 0 saturated carbocycles. The minimum atomic E-state index is -0.331. The summed E-state index contributed by atoms with van der Waals surface area (Å²) in [6.45, 7) is 12.4. The summed E-state index contributed by atoms with van der Waals surface area (Å²) in [5.74, 6) is 1.38. The molecule has 2 rings (SSSR count). The summed E-state index contributed by atoms with van der Waals surface area (Å²) < 4.78 is 0. The van der Waals surface area contributed by atoms with E-state index in [-0.39, 0.29) is 17.4 Å². The maximum atomic E-state index is 12.3. The number of hydrogen-bond acceptors (Lipinski definition) is 2. The Bertz CT molecular complexity index is 490. The van der Waals surface area contributed by atoms with Crippen molar-refractivity contribution >= 4 is 11.6 Å². The predicted molar refractivity (Wildman–Crippen MR) is 93.0 cm³/mol. The Kier molecular flexibility index (Phi) is 5.15. The van der Waals surface area contributed by atoms with Gasteiger partial charge in [-0.05, 0) is 30.4 Å². The van der Waals surface area contributed by atoms with Crippen LogP contribution >= 0.6 is 0 Å². The molecule has 1 aliphatic rings. The Labute approximate surface area is 135 Å². The molecule has 0 aromatic heterocycles. The van der Waals surface area contributed by atoms with Crippen LogP contribution in [0.4, 0.5) is 5.69 Å². The largest absolute Gasteiger partial charge is 0.369 e. The molecule has 2 unspecified atom stereocenters. The molecular weight excluding hydrogens is 272 g/mol. The van der Waals surface area contributed by atoms with Gasteiger partial charge in [0.1, 0.15) is 0 Å². The standard InChI is InChI=1S/C19H30N2O/c1-14(2)15-11-16(20-18(22)19(3,4)5)13-21(12-15)17-9-7-6-8-10-17/h6-10,14-16H,11-13H2,1-5H3,(H,20,22). The molecule has 0 radical (unpaired) electrons. The first-order chi connectivity index (χ1) is 10.3. The van der Waals surface area contributed by atoms with Gasteiger partial charge < -0.3 is 10.2 Å². The number of para-hydroxylation sites is 1. The quantitative estimate of drug-likeness (QED) is 0.923. The number of hydrogen-bond donors (Lipinski definition) is 1. The predicted octanol–water partition coefficient (Wildman–Crippen LogP) is 3.70. The van der Waals surface area contributed by atoms with E-state index in [0.29, 0.717) is 11.8 Å². The van der Waals surface area contributed by atoms with Gasteiger partial charge >= 0.3 is 0 Å². The van der Waals surface area contributed by atoms with E-state index in [9.17, 15) is 4.79 Å². The van der Waals surface area contributed by atoms with Crippen LogP contribution in [-0.2, 0) is 4.79 Å². The van der Waals surface area contributed by atoms with Gasteiger partial charge in [-0.15, -0.1) is 0 Å². The number of nitrogens with zero attached hydrogens (tertiary/aromatic N) is 1. The Morgan fingerprint density at radius 1 is 1.18 bits per heavy atom. The highest BCUT2D eigenvalue weighted by molar-refractivity contribution is 5.81. The molecule has 1 N–H and O–H groups in total. The highest BCUT2D eigenvalue weighted by Crippen LogP contribution is 2.28. The molecule has 3 heteroatoms. The fourth-order valence-corrected chi connectivity index (χ4v) is 2.98. The number of rotatable bonds is 3. The second-order valence-electron chi connectivity index (χ2n) is 7.90. The van der Waals surface area contributed by atoms with E-state index < -0.39 is 0 Å². The van der Waals surface area contributed by atoms with Gasteiger partial charge in [0, 0.05) is 30.2 Å². The van der Waals surface area contributed by atoms with Crippen LogP contribution in [-0.4, -0.2) is 25.0 Å². The van der Waals surface area contributed by atoms with Crippen LogP contribution in [0, 0.1) is 17.3 Å². The van der Waals surface area contributed by atoms with Crippen LogP contribution in [0.5, 0.6) is 0 Å². The van der Waals surface area contributed by atoms with E-state index in [4.69, 9.17) is 0 Å². The summed E-state index contributed by atoms with van der Waals surface area (Å²) >= 11 is 0. The van der Waals surface area contributed by atoms with Gasteiger partial charge in [0.05, 0.1) is 0 Å². The zero-order valence-corrected chi connectivity index (χ0v) is 14.6. The molecule has 22 heavy (non-hydrogen) atoms. The Hall–Kier alpha value is -1.51. The molecule has 1 aromatic rings. The van der Waals surface area contributed by atoms with Crippen molar-refractivity contribution in [2.45, 2.75) is 47.1 Å². The van der Waals surface area contributed by atoms with E-state index in [2.05, 4.69) is 48.3 Å². The van der Waals surface area contributed by atoms with Gasteiger partial charge in [-0.3, -0.25) is 4.79 Å². The van der Waals surface area contributed by atoms with E-state index in [1.807, 2.05) is 26.8 Å². The minimum absolute atomic E-state index is 0.148. The monoisotopic (exact) mass is 302 g/mol. The Morgan fingerprint density at radius 3 is 2.36 bits per heavy atom. The van der Waals surface area contributed by atoms with Crippen LogP contribution in [0.15, 0.2) is 30.3 Å². The average molecular weight is 302 g/mol. The maximum Gasteiger partial charge on any atom is 0.225 e. The second kappa shape index (κ2) is 6.72. The second-order valence-corrected chi connectivity index (χ2v) is 7.90. The zero-order chi connectivity index (χ0) is 16.3. The molecule has 2 atom stereocenters. The van der Waals surface area contributed by atoms with Crippen molar-refractivity contribution in [2.24, 2.45) is 17.3 Å². The molecule has 1 heterocycles. The minimum Gasteiger partial charge on any atom is -0.369 e. The third-order valence-corrected chi connectivity index (χ3v) is 4.56. The van der Waals surface area contributed by atoms with Crippen molar-refractivity contribution in [2.75, 3.05) is 18.0 Å². The molecule has 122 valence electrons. The lowest BCUT2D eigenvalue weighted by molar-refractivity contribution is -0.129. The fraction of sp³-hybridized carbons (Fsp3) is 0.632. The smallest absolute Gasteiger partial charge is 0.225 e. The normalized spacial score (nSPS) is 22.7. The number of nitrogens with one attached hydrogen (secondary N) is 1. The van der Waals surface area contributed by atoms with Crippen molar-refractivity contribution < 1.29 is 4.79 Å². The molecule has 1 saturated heterocycles. The SMILES string of the molecule is CC(C)C1CC(NC(=O)C(C)(C)C)CN(c2ccccc2)C1. The van der Waals surface area contributed by atoms with Gasteiger partial charge in [-0.25, -0.2) is 0 Å². The number of carbonyl (C=O) groups excluding carboxylic acids is 1.